The van der Waals surface area contributed by atoms with Crippen LogP contribution in [0.5, 0.6) is 0 Å². The topological polar surface area (TPSA) is 90.0 Å². The number of amides is 1. The molecule has 0 unspecified atom stereocenters. The highest BCUT2D eigenvalue weighted by Crippen LogP contribution is 2.21. The van der Waals surface area contributed by atoms with Crippen LogP contribution in [0.25, 0.3) is 0 Å². The van der Waals surface area contributed by atoms with Crippen molar-refractivity contribution in [2.24, 2.45) is 5.41 Å². The SMILES string of the molecule is CC(C)(CCCO)CNC(=O)c1n[nH]c2c1CNCC2.Cl. The Morgan fingerprint density at radius 1 is 1.48 bits per heavy atom. The first-order valence-corrected chi connectivity index (χ1v) is 7.19. The van der Waals surface area contributed by atoms with Crippen LogP contribution < -0.4 is 10.6 Å². The summed E-state index contributed by atoms with van der Waals surface area (Å²) in [7, 11) is 0. The third-order valence-electron chi connectivity index (χ3n) is 3.76. The van der Waals surface area contributed by atoms with Crippen LogP contribution in [0.3, 0.4) is 0 Å². The van der Waals surface area contributed by atoms with Crippen LogP contribution in [0.4, 0.5) is 0 Å². The number of hydrogen-bond donors (Lipinski definition) is 4. The molecule has 1 aromatic rings. The Balaban J connectivity index is 0.00000220. The van der Waals surface area contributed by atoms with Gasteiger partial charge in [0, 0.05) is 43.9 Å². The van der Waals surface area contributed by atoms with Gasteiger partial charge in [0.1, 0.15) is 0 Å². The summed E-state index contributed by atoms with van der Waals surface area (Å²) in [6, 6.07) is 0. The first-order chi connectivity index (χ1) is 9.53. The monoisotopic (exact) mass is 316 g/mol. The van der Waals surface area contributed by atoms with E-state index in [2.05, 4.69) is 34.7 Å². The molecule has 0 radical (unpaired) electrons. The highest BCUT2D eigenvalue weighted by atomic mass is 35.5. The number of nitrogens with one attached hydrogen (secondary N) is 3. The standard InChI is InChI=1S/C14H24N4O2.ClH/c1-14(2,5-3-7-19)9-16-13(20)12-10-8-15-6-4-11(10)17-18-12;/h15,19H,3-9H2,1-2H3,(H,16,20)(H,17,18);1H. The molecule has 1 aromatic heterocycles. The van der Waals surface area contributed by atoms with Gasteiger partial charge in [0.2, 0.25) is 0 Å². The molecule has 0 aromatic carbocycles. The highest BCUT2D eigenvalue weighted by molar-refractivity contribution is 5.94. The molecule has 0 saturated carbocycles. The predicted molar refractivity (Wildman–Crippen MR) is 83.7 cm³/mol. The van der Waals surface area contributed by atoms with Gasteiger partial charge in [-0.3, -0.25) is 9.89 Å². The Hall–Kier alpha value is -1.11. The minimum absolute atomic E-state index is 0. The van der Waals surface area contributed by atoms with Crippen molar-refractivity contribution in [3.8, 4) is 0 Å². The molecule has 1 aliphatic rings. The van der Waals surface area contributed by atoms with Crippen molar-refractivity contribution in [2.45, 2.75) is 39.7 Å². The Kier molecular flexibility index (Phi) is 6.64. The smallest absolute Gasteiger partial charge is 0.272 e. The molecule has 0 aliphatic carbocycles. The average Bonchev–Trinajstić information content (AvgIpc) is 2.87. The number of hydrogen-bond acceptors (Lipinski definition) is 4. The molecule has 0 spiro atoms. The molecule has 4 N–H and O–H groups in total. The van der Waals surface area contributed by atoms with E-state index in [1.165, 1.54) is 0 Å². The van der Waals surface area contributed by atoms with Gasteiger partial charge in [-0.05, 0) is 18.3 Å². The third kappa shape index (κ3) is 4.69. The second-order valence-electron chi connectivity index (χ2n) is 6.13. The molecule has 2 heterocycles. The van der Waals surface area contributed by atoms with Crippen molar-refractivity contribution in [2.75, 3.05) is 19.7 Å². The van der Waals surface area contributed by atoms with E-state index >= 15 is 0 Å². The van der Waals surface area contributed by atoms with E-state index in [4.69, 9.17) is 5.11 Å². The van der Waals surface area contributed by atoms with Crippen molar-refractivity contribution < 1.29 is 9.90 Å². The number of aliphatic hydroxyl groups excluding tert-OH is 1. The van der Waals surface area contributed by atoms with Crippen LogP contribution in [0.15, 0.2) is 0 Å². The summed E-state index contributed by atoms with van der Waals surface area (Å²) >= 11 is 0. The Labute approximate surface area is 131 Å². The number of halogens is 1. The summed E-state index contributed by atoms with van der Waals surface area (Å²) in [5, 5.41) is 22.2. The maximum Gasteiger partial charge on any atom is 0.272 e. The van der Waals surface area contributed by atoms with Gasteiger partial charge in [0.25, 0.3) is 5.91 Å². The number of aliphatic hydroxyl groups is 1. The molecule has 6 nitrogen and oxygen atoms in total. The second kappa shape index (κ2) is 7.77. The summed E-state index contributed by atoms with van der Waals surface area (Å²) in [5.74, 6) is -0.122. The zero-order valence-electron chi connectivity index (χ0n) is 12.7. The number of H-pyrrole nitrogens is 1. The van der Waals surface area contributed by atoms with Crippen LogP contribution in [-0.4, -0.2) is 40.9 Å². The van der Waals surface area contributed by atoms with Gasteiger partial charge in [-0.15, -0.1) is 12.4 Å². The molecule has 1 aliphatic heterocycles. The van der Waals surface area contributed by atoms with Crippen LogP contribution in [0.2, 0.25) is 0 Å². The molecule has 7 heteroatoms. The largest absolute Gasteiger partial charge is 0.396 e. The number of nitrogens with zero attached hydrogens (tertiary/aromatic N) is 1. The highest BCUT2D eigenvalue weighted by Gasteiger charge is 2.23. The van der Waals surface area contributed by atoms with Crippen molar-refractivity contribution in [3.63, 3.8) is 0 Å². The van der Waals surface area contributed by atoms with Crippen molar-refractivity contribution in [1.82, 2.24) is 20.8 Å². The Morgan fingerprint density at radius 2 is 2.24 bits per heavy atom. The molecular weight excluding hydrogens is 292 g/mol. The van der Waals surface area contributed by atoms with Crippen molar-refractivity contribution >= 4 is 18.3 Å². The van der Waals surface area contributed by atoms with Gasteiger partial charge in [-0.1, -0.05) is 13.8 Å². The fourth-order valence-electron chi connectivity index (χ4n) is 2.46. The lowest BCUT2D eigenvalue weighted by Crippen LogP contribution is -2.35. The number of rotatable bonds is 6. The first kappa shape index (κ1) is 17.9. The molecular formula is C14H25ClN4O2. The molecule has 0 atom stereocenters. The fraction of sp³-hybridized carbons (Fsp3) is 0.714. The zero-order valence-corrected chi connectivity index (χ0v) is 13.5. The van der Waals surface area contributed by atoms with E-state index in [9.17, 15) is 4.79 Å². The van der Waals surface area contributed by atoms with Gasteiger partial charge in [0.15, 0.2) is 5.69 Å². The summed E-state index contributed by atoms with van der Waals surface area (Å²) in [6.07, 6.45) is 2.52. The van der Waals surface area contributed by atoms with E-state index < -0.39 is 0 Å². The zero-order chi connectivity index (χ0) is 14.6. The molecule has 0 saturated heterocycles. The number of fused-ring (bicyclic) bond motifs is 1. The number of carbonyl (C=O) groups is 1. The first-order valence-electron chi connectivity index (χ1n) is 7.19. The van der Waals surface area contributed by atoms with Gasteiger partial charge in [-0.2, -0.15) is 5.10 Å². The molecule has 2 rings (SSSR count). The maximum atomic E-state index is 12.2. The third-order valence-corrected chi connectivity index (χ3v) is 3.76. The molecule has 21 heavy (non-hydrogen) atoms. The number of carbonyl (C=O) groups excluding carboxylic acids is 1. The summed E-state index contributed by atoms with van der Waals surface area (Å²) in [6.45, 7) is 6.57. The van der Waals surface area contributed by atoms with E-state index in [-0.39, 0.29) is 30.3 Å². The fourth-order valence-corrected chi connectivity index (χ4v) is 2.46. The lowest BCUT2D eigenvalue weighted by Gasteiger charge is -2.24. The van der Waals surface area contributed by atoms with Crippen LogP contribution in [0.1, 0.15) is 48.4 Å². The second-order valence-corrected chi connectivity index (χ2v) is 6.13. The van der Waals surface area contributed by atoms with Gasteiger partial charge in [0.05, 0.1) is 0 Å². The lowest BCUT2D eigenvalue weighted by atomic mass is 9.88. The van der Waals surface area contributed by atoms with Crippen LogP contribution in [-0.2, 0) is 13.0 Å². The quantitative estimate of drug-likeness (QED) is 0.630. The number of aromatic nitrogens is 2. The number of aromatic amines is 1. The van der Waals surface area contributed by atoms with Crippen LogP contribution >= 0.6 is 12.4 Å². The molecule has 120 valence electrons. The van der Waals surface area contributed by atoms with E-state index in [0.717, 1.165) is 37.1 Å². The Morgan fingerprint density at radius 3 is 2.95 bits per heavy atom. The average molecular weight is 317 g/mol. The molecule has 0 fully saturated rings. The minimum atomic E-state index is -0.122. The van der Waals surface area contributed by atoms with E-state index in [1.807, 2.05) is 0 Å². The molecule has 1 amide bonds. The van der Waals surface area contributed by atoms with Gasteiger partial charge < -0.3 is 15.7 Å². The predicted octanol–water partition coefficient (Wildman–Crippen LogP) is 1.01. The lowest BCUT2D eigenvalue weighted by molar-refractivity contribution is 0.0926. The Bertz CT molecular complexity index is 474. The van der Waals surface area contributed by atoms with Crippen molar-refractivity contribution in [1.29, 1.82) is 0 Å². The normalized spacial score (nSPS) is 14.2. The van der Waals surface area contributed by atoms with Crippen molar-refractivity contribution in [3.05, 3.63) is 17.0 Å². The van der Waals surface area contributed by atoms with Gasteiger partial charge in [-0.25, -0.2) is 0 Å². The van der Waals surface area contributed by atoms with E-state index in [1.54, 1.807) is 0 Å². The summed E-state index contributed by atoms with van der Waals surface area (Å²) < 4.78 is 0. The van der Waals surface area contributed by atoms with Gasteiger partial charge >= 0.3 is 0 Å². The minimum Gasteiger partial charge on any atom is -0.396 e. The van der Waals surface area contributed by atoms with Crippen LogP contribution in [0, 0.1) is 5.41 Å². The summed E-state index contributed by atoms with van der Waals surface area (Å²) in [5.41, 5.74) is 2.54. The molecule has 0 bridgehead atoms. The summed E-state index contributed by atoms with van der Waals surface area (Å²) in [4.78, 5) is 12.2. The maximum absolute atomic E-state index is 12.2. The van der Waals surface area contributed by atoms with E-state index in [0.29, 0.717) is 18.8 Å².